The molecule has 1 amide bonds. The summed E-state index contributed by atoms with van der Waals surface area (Å²) in [4.78, 5) is 16.5. The van der Waals surface area contributed by atoms with Gasteiger partial charge in [-0.25, -0.2) is 4.98 Å². The minimum Gasteiger partial charge on any atom is -0.467 e. The van der Waals surface area contributed by atoms with Gasteiger partial charge in [-0.3, -0.25) is 4.79 Å². The molecule has 2 aromatic heterocycles. The van der Waals surface area contributed by atoms with Crippen LogP contribution in [0.3, 0.4) is 0 Å². The van der Waals surface area contributed by atoms with Gasteiger partial charge >= 0.3 is 0 Å². The molecule has 4 nitrogen and oxygen atoms in total. The van der Waals surface area contributed by atoms with Gasteiger partial charge in [-0.15, -0.1) is 0 Å². The van der Waals surface area contributed by atoms with Crippen molar-refractivity contribution < 1.29 is 9.21 Å². The lowest BCUT2D eigenvalue weighted by molar-refractivity contribution is 0.0930. The average Bonchev–Trinajstić information content (AvgIpc) is 3.01. The number of benzene rings is 1. The maximum Gasteiger partial charge on any atom is 0.270 e. The van der Waals surface area contributed by atoms with E-state index in [9.17, 15) is 4.79 Å². The van der Waals surface area contributed by atoms with Gasteiger partial charge in [-0.05, 0) is 31.2 Å². The number of carbonyl (C=O) groups is 1. The smallest absolute Gasteiger partial charge is 0.270 e. The lowest BCUT2D eigenvalue weighted by Gasteiger charge is -2.11. The second-order valence-electron chi connectivity index (χ2n) is 4.60. The first kappa shape index (κ1) is 12.4. The van der Waals surface area contributed by atoms with E-state index in [0.717, 1.165) is 16.7 Å². The van der Waals surface area contributed by atoms with Crippen molar-refractivity contribution >= 4 is 16.8 Å². The Bertz CT molecular complexity index is 735. The number of nitrogens with one attached hydrogen (secondary N) is 1. The van der Waals surface area contributed by atoms with Gasteiger partial charge in [0.05, 0.1) is 17.8 Å². The van der Waals surface area contributed by atoms with E-state index in [-0.39, 0.29) is 11.9 Å². The summed E-state index contributed by atoms with van der Waals surface area (Å²) in [5, 5.41) is 3.88. The normalized spacial score (nSPS) is 12.2. The first-order valence-electron chi connectivity index (χ1n) is 6.44. The van der Waals surface area contributed by atoms with Gasteiger partial charge in [-0.2, -0.15) is 0 Å². The highest BCUT2D eigenvalue weighted by Crippen LogP contribution is 2.15. The van der Waals surface area contributed by atoms with E-state index in [2.05, 4.69) is 10.3 Å². The van der Waals surface area contributed by atoms with E-state index >= 15 is 0 Å². The van der Waals surface area contributed by atoms with Crippen LogP contribution in [0.1, 0.15) is 29.2 Å². The Labute approximate surface area is 116 Å². The summed E-state index contributed by atoms with van der Waals surface area (Å²) in [6, 6.07) is 14.8. The molecule has 0 saturated heterocycles. The molecule has 0 radical (unpaired) electrons. The molecule has 0 saturated carbocycles. The summed E-state index contributed by atoms with van der Waals surface area (Å²) in [6.07, 6.45) is 1.59. The molecule has 0 aliphatic heterocycles. The fourth-order valence-corrected chi connectivity index (χ4v) is 2.07. The van der Waals surface area contributed by atoms with Crippen molar-refractivity contribution in [1.82, 2.24) is 10.3 Å². The van der Waals surface area contributed by atoms with Crippen LogP contribution in [0.25, 0.3) is 10.9 Å². The van der Waals surface area contributed by atoms with Crippen molar-refractivity contribution in [3.63, 3.8) is 0 Å². The number of furan rings is 1. The van der Waals surface area contributed by atoms with E-state index in [4.69, 9.17) is 4.42 Å². The summed E-state index contributed by atoms with van der Waals surface area (Å²) in [5.41, 5.74) is 1.22. The van der Waals surface area contributed by atoms with Crippen molar-refractivity contribution in [2.75, 3.05) is 0 Å². The number of nitrogens with zero attached hydrogens (tertiary/aromatic N) is 1. The van der Waals surface area contributed by atoms with Gasteiger partial charge in [0.15, 0.2) is 0 Å². The first-order chi connectivity index (χ1) is 9.74. The van der Waals surface area contributed by atoms with Gasteiger partial charge in [-0.1, -0.05) is 24.3 Å². The Kier molecular flexibility index (Phi) is 3.21. The topological polar surface area (TPSA) is 55.1 Å². The summed E-state index contributed by atoms with van der Waals surface area (Å²) < 4.78 is 5.27. The van der Waals surface area contributed by atoms with Crippen LogP contribution in [0.15, 0.2) is 59.2 Å². The van der Waals surface area contributed by atoms with E-state index in [1.165, 1.54) is 0 Å². The number of hydrogen-bond donors (Lipinski definition) is 1. The number of fused-ring (bicyclic) bond motifs is 1. The van der Waals surface area contributed by atoms with Crippen LogP contribution in [0.5, 0.6) is 0 Å². The summed E-state index contributed by atoms with van der Waals surface area (Å²) in [5.74, 6) is 0.513. The molecule has 0 bridgehead atoms. The summed E-state index contributed by atoms with van der Waals surface area (Å²) in [7, 11) is 0. The largest absolute Gasteiger partial charge is 0.467 e. The Hall–Kier alpha value is -2.62. The fourth-order valence-electron chi connectivity index (χ4n) is 2.07. The number of aromatic nitrogens is 1. The second kappa shape index (κ2) is 5.17. The van der Waals surface area contributed by atoms with Gasteiger partial charge in [0.1, 0.15) is 11.5 Å². The first-order valence-corrected chi connectivity index (χ1v) is 6.44. The molecule has 3 rings (SSSR count). The molecular formula is C16H14N2O2. The number of pyridine rings is 1. The molecule has 0 spiro atoms. The predicted octanol–water partition coefficient (Wildman–Crippen LogP) is 3.32. The highest BCUT2D eigenvalue weighted by molar-refractivity contribution is 5.95. The van der Waals surface area contributed by atoms with Crippen molar-refractivity contribution in [3.05, 3.63) is 66.2 Å². The van der Waals surface area contributed by atoms with E-state index in [0.29, 0.717) is 5.69 Å². The highest BCUT2D eigenvalue weighted by atomic mass is 16.3. The number of hydrogen-bond acceptors (Lipinski definition) is 3. The molecule has 100 valence electrons. The van der Waals surface area contributed by atoms with Crippen LogP contribution in [0, 0.1) is 0 Å². The predicted molar refractivity (Wildman–Crippen MR) is 76.3 cm³/mol. The molecule has 0 unspecified atom stereocenters. The molecule has 2 heterocycles. The van der Waals surface area contributed by atoms with Gasteiger partial charge in [0.2, 0.25) is 0 Å². The molecule has 1 N–H and O–H groups in total. The molecule has 1 aromatic carbocycles. The van der Waals surface area contributed by atoms with E-state index in [1.807, 2.05) is 43.3 Å². The molecule has 1 atom stereocenters. The average molecular weight is 266 g/mol. The minimum atomic E-state index is -0.209. The zero-order valence-corrected chi connectivity index (χ0v) is 11.0. The molecule has 4 heteroatoms. The number of para-hydroxylation sites is 1. The third-order valence-corrected chi connectivity index (χ3v) is 3.15. The Morgan fingerprint density at radius 3 is 2.80 bits per heavy atom. The zero-order valence-electron chi connectivity index (χ0n) is 11.0. The maximum absolute atomic E-state index is 12.2. The van der Waals surface area contributed by atoms with Crippen LogP contribution >= 0.6 is 0 Å². The van der Waals surface area contributed by atoms with Crippen LogP contribution in [-0.4, -0.2) is 10.9 Å². The van der Waals surface area contributed by atoms with Crippen LogP contribution < -0.4 is 5.32 Å². The van der Waals surface area contributed by atoms with Crippen LogP contribution in [0.4, 0.5) is 0 Å². The standard InChI is InChI=1S/C16H14N2O2/c1-11(15-7-4-10-20-15)17-16(19)14-9-8-12-5-2-3-6-13(12)18-14/h2-11H,1H3,(H,17,19)/t11-/m1/s1. The van der Waals surface area contributed by atoms with Crippen molar-refractivity contribution in [2.45, 2.75) is 13.0 Å². The Morgan fingerprint density at radius 1 is 1.15 bits per heavy atom. The monoisotopic (exact) mass is 266 g/mol. The van der Waals surface area contributed by atoms with Gasteiger partial charge in [0, 0.05) is 5.39 Å². The van der Waals surface area contributed by atoms with Crippen molar-refractivity contribution in [1.29, 1.82) is 0 Å². The third kappa shape index (κ3) is 2.40. The number of rotatable bonds is 3. The van der Waals surface area contributed by atoms with Crippen LogP contribution in [0.2, 0.25) is 0 Å². The summed E-state index contributed by atoms with van der Waals surface area (Å²) >= 11 is 0. The Balaban J connectivity index is 1.82. The second-order valence-corrected chi connectivity index (χ2v) is 4.60. The highest BCUT2D eigenvalue weighted by Gasteiger charge is 2.14. The van der Waals surface area contributed by atoms with Gasteiger partial charge < -0.3 is 9.73 Å². The van der Waals surface area contributed by atoms with Gasteiger partial charge in [0.25, 0.3) is 5.91 Å². The summed E-state index contributed by atoms with van der Waals surface area (Å²) in [6.45, 7) is 1.87. The van der Waals surface area contributed by atoms with E-state index < -0.39 is 0 Å². The van der Waals surface area contributed by atoms with E-state index in [1.54, 1.807) is 18.4 Å². The fraction of sp³-hybridized carbons (Fsp3) is 0.125. The molecular weight excluding hydrogens is 252 g/mol. The van der Waals surface area contributed by atoms with Crippen molar-refractivity contribution in [2.24, 2.45) is 0 Å². The molecule has 0 fully saturated rings. The SMILES string of the molecule is C[C@@H](NC(=O)c1ccc2ccccc2n1)c1ccco1. The molecule has 0 aliphatic carbocycles. The molecule has 0 aliphatic rings. The molecule has 3 aromatic rings. The number of carbonyl (C=O) groups excluding carboxylic acids is 1. The van der Waals surface area contributed by atoms with Crippen LogP contribution in [-0.2, 0) is 0 Å². The Morgan fingerprint density at radius 2 is 2.00 bits per heavy atom. The lowest BCUT2D eigenvalue weighted by Crippen LogP contribution is -2.27. The third-order valence-electron chi connectivity index (χ3n) is 3.15. The minimum absolute atomic E-state index is 0.189. The molecule has 20 heavy (non-hydrogen) atoms. The maximum atomic E-state index is 12.2. The lowest BCUT2D eigenvalue weighted by atomic mass is 10.2. The quantitative estimate of drug-likeness (QED) is 0.791. The number of amides is 1. The van der Waals surface area contributed by atoms with Crippen molar-refractivity contribution in [3.8, 4) is 0 Å². The zero-order chi connectivity index (χ0) is 13.9.